The quantitative estimate of drug-likeness (QED) is 0.897. The summed E-state index contributed by atoms with van der Waals surface area (Å²) in [4.78, 5) is 15.3. The van der Waals surface area contributed by atoms with E-state index in [0.29, 0.717) is 5.56 Å². The minimum atomic E-state index is -4.68. The first-order chi connectivity index (χ1) is 12.1. The number of rotatable bonds is 4. The van der Waals surface area contributed by atoms with Gasteiger partial charge in [0.15, 0.2) is 0 Å². The van der Waals surface area contributed by atoms with Gasteiger partial charge < -0.3 is 9.84 Å². The fraction of sp³-hybridized carbons (Fsp3) is 0.312. The largest absolute Gasteiger partial charge is 0.471 e. The van der Waals surface area contributed by atoms with E-state index in [0.717, 1.165) is 5.56 Å². The van der Waals surface area contributed by atoms with Crippen molar-refractivity contribution >= 4 is 5.91 Å². The van der Waals surface area contributed by atoms with E-state index >= 15 is 0 Å². The molecular formula is C16H14F3N5O2. The second-order valence-electron chi connectivity index (χ2n) is 6.18. The first kappa shape index (κ1) is 17.8. The number of carbonyl (C=O) groups is 1. The molecule has 136 valence electrons. The van der Waals surface area contributed by atoms with Crippen LogP contribution in [-0.4, -0.2) is 21.6 Å². The van der Waals surface area contributed by atoms with Crippen LogP contribution in [0.4, 0.5) is 13.2 Å². The maximum absolute atomic E-state index is 12.5. The minimum Gasteiger partial charge on any atom is -0.347 e. The van der Waals surface area contributed by atoms with Gasteiger partial charge in [-0.05, 0) is 25.5 Å². The predicted molar refractivity (Wildman–Crippen MR) is 83.6 cm³/mol. The van der Waals surface area contributed by atoms with Crippen molar-refractivity contribution in [2.75, 3.05) is 0 Å². The highest BCUT2D eigenvalue weighted by molar-refractivity contribution is 5.93. The summed E-state index contributed by atoms with van der Waals surface area (Å²) in [5.41, 5.74) is 0.872. The molecule has 0 saturated heterocycles. The molecule has 1 aromatic carbocycles. The lowest BCUT2D eigenvalue weighted by molar-refractivity contribution is -0.159. The number of carbonyl (C=O) groups excluding carboxylic acids is 1. The Kier molecular flexibility index (Phi) is 4.34. The molecule has 0 aliphatic carbocycles. The van der Waals surface area contributed by atoms with Gasteiger partial charge >= 0.3 is 12.1 Å². The Morgan fingerprint density at radius 1 is 1.23 bits per heavy atom. The van der Waals surface area contributed by atoms with Crippen LogP contribution in [0.25, 0.3) is 11.4 Å². The van der Waals surface area contributed by atoms with E-state index in [1.54, 1.807) is 30.3 Å². The van der Waals surface area contributed by atoms with Gasteiger partial charge in [0.1, 0.15) is 5.70 Å². The molecule has 0 saturated carbocycles. The van der Waals surface area contributed by atoms with Crippen LogP contribution in [0, 0.1) is 0 Å². The van der Waals surface area contributed by atoms with Gasteiger partial charge in [-0.3, -0.25) is 4.79 Å². The molecule has 2 heterocycles. The molecule has 0 radical (unpaired) electrons. The molecule has 1 aromatic heterocycles. The van der Waals surface area contributed by atoms with Gasteiger partial charge in [0.05, 0.1) is 5.54 Å². The molecule has 3 rings (SSSR count). The topological polar surface area (TPSA) is 92.7 Å². The summed E-state index contributed by atoms with van der Waals surface area (Å²) in [7, 11) is 0. The average molecular weight is 365 g/mol. The van der Waals surface area contributed by atoms with E-state index in [-0.39, 0.29) is 24.0 Å². The normalized spacial score (nSPS) is 15.8. The first-order valence-electron chi connectivity index (χ1n) is 7.58. The van der Waals surface area contributed by atoms with Crippen LogP contribution >= 0.6 is 0 Å². The number of benzene rings is 1. The van der Waals surface area contributed by atoms with Gasteiger partial charge in [0.2, 0.25) is 5.82 Å². The van der Waals surface area contributed by atoms with Gasteiger partial charge in [0, 0.05) is 12.1 Å². The Morgan fingerprint density at radius 2 is 1.92 bits per heavy atom. The molecule has 1 amide bonds. The highest BCUT2D eigenvalue weighted by Crippen LogP contribution is 2.29. The Hall–Kier alpha value is -3.04. The van der Waals surface area contributed by atoms with Crippen molar-refractivity contribution in [2.45, 2.75) is 32.1 Å². The lowest BCUT2D eigenvalue weighted by Crippen LogP contribution is -2.23. The SMILES string of the molecule is CC1(C)C=C(C(=O)NCc2ccc(-c3noc(C(F)(F)F)n3)cc2)N=N1. The third kappa shape index (κ3) is 3.95. The second kappa shape index (κ2) is 6.36. The molecule has 26 heavy (non-hydrogen) atoms. The van der Waals surface area contributed by atoms with Crippen LogP contribution < -0.4 is 5.32 Å². The Labute approximate surface area is 146 Å². The fourth-order valence-corrected chi connectivity index (χ4v) is 2.19. The zero-order valence-corrected chi connectivity index (χ0v) is 13.8. The zero-order chi connectivity index (χ0) is 18.9. The highest BCUT2D eigenvalue weighted by atomic mass is 19.4. The van der Waals surface area contributed by atoms with E-state index < -0.39 is 17.6 Å². The molecule has 0 bridgehead atoms. The third-order valence-corrected chi connectivity index (χ3v) is 3.47. The van der Waals surface area contributed by atoms with Crippen LogP contribution in [0.5, 0.6) is 0 Å². The first-order valence-corrected chi connectivity index (χ1v) is 7.58. The van der Waals surface area contributed by atoms with E-state index in [4.69, 9.17) is 0 Å². The molecule has 1 N–H and O–H groups in total. The van der Waals surface area contributed by atoms with Gasteiger partial charge in [-0.1, -0.05) is 29.4 Å². The number of azo groups is 1. The van der Waals surface area contributed by atoms with Crippen molar-refractivity contribution in [2.24, 2.45) is 10.2 Å². The van der Waals surface area contributed by atoms with E-state index in [1.807, 2.05) is 13.8 Å². The van der Waals surface area contributed by atoms with E-state index in [2.05, 4.69) is 30.2 Å². The van der Waals surface area contributed by atoms with E-state index in [9.17, 15) is 18.0 Å². The van der Waals surface area contributed by atoms with Crippen molar-refractivity contribution in [3.05, 3.63) is 47.5 Å². The predicted octanol–water partition coefficient (Wildman–Crippen LogP) is 3.50. The van der Waals surface area contributed by atoms with Crippen LogP contribution in [0.1, 0.15) is 25.3 Å². The lowest BCUT2D eigenvalue weighted by Gasteiger charge is -2.06. The Balaban J connectivity index is 1.63. The molecule has 0 fully saturated rings. The summed E-state index contributed by atoms with van der Waals surface area (Å²) in [5.74, 6) is -1.91. The summed E-state index contributed by atoms with van der Waals surface area (Å²) in [6.07, 6.45) is -3.02. The Morgan fingerprint density at radius 3 is 2.46 bits per heavy atom. The van der Waals surface area contributed by atoms with Gasteiger partial charge in [-0.25, -0.2) is 0 Å². The number of nitrogens with zero attached hydrogens (tertiary/aromatic N) is 4. The summed E-state index contributed by atoms with van der Waals surface area (Å²) < 4.78 is 41.6. The fourth-order valence-electron chi connectivity index (χ4n) is 2.19. The smallest absolute Gasteiger partial charge is 0.347 e. The molecule has 1 aliphatic rings. The standard InChI is InChI=1S/C16H14F3N5O2/c1-15(2)7-11(22-24-15)13(25)20-8-9-3-5-10(6-4-9)12-21-14(26-23-12)16(17,18)19/h3-7H,8H2,1-2H3,(H,20,25). The number of nitrogens with one attached hydrogen (secondary N) is 1. The maximum atomic E-state index is 12.5. The number of aromatic nitrogens is 2. The molecule has 0 unspecified atom stereocenters. The molecule has 0 atom stereocenters. The third-order valence-electron chi connectivity index (χ3n) is 3.47. The van der Waals surface area contributed by atoms with Crippen LogP contribution in [0.3, 0.4) is 0 Å². The van der Waals surface area contributed by atoms with Gasteiger partial charge in [-0.2, -0.15) is 23.3 Å². The molecular weight excluding hydrogens is 351 g/mol. The van der Waals surface area contributed by atoms with Crippen molar-refractivity contribution in [1.29, 1.82) is 0 Å². The van der Waals surface area contributed by atoms with Crippen molar-refractivity contribution in [3.8, 4) is 11.4 Å². The molecule has 2 aromatic rings. The molecule has 1 aliphatic heterocycles. The summed E-state index contributed by atoms with van der Waals surface area (Å²) in [6.45, 7) is 3.89. The number of amides is 1. The minimum absolute atomic E-state index is 0.160. The second-order valence-corrected chi connectivity index (χ2v) is 6.18. The van der Waals surface area contributed by atoms with Crippen molar-refractivity contribution in [1.82, 2.24) is 15.5 Å². The van der Waals surface area contributed by atoms with Gasteiger partial charge in [0.25, 0.3) is 5.91 Å². The maximum Gasteiger partial charge on any atom is 0.471 e. The number of hydrogen-bond acceptors (Lipinski definition) is 6. The lowest BCUT2D eigenvalue weighted by atomic mass is 10.1. The number of halogens is 3. The monoisotopic (exact) mass is 365 g/mol. The summed E-state index contributed by atoms with van der Waals surface area (Å²) in [6, 6.07) is 6.38. The molecule has 7 nitrogen and oxygen atoms in total. The summed E-state index contributed by atoms with van der Waals surface area (Å²) in [5, 5.41) is 13.8. The number of alkyl halides is 3. The summed E-state index contributed by atoms with van der Waals surface area (Å²) >= 11 is 0. The van der Waals surface area contributed by atoms with Crippen LogP contribution in [-0.2, 0) is 17.5 Å². The van der Waals surface area contributed by atoms with Crippen molar-refractivity contribution in [3.63, 3.8) is 0 Å². The molecule has 0 spiro atoms. The van der Waals surface area contributed by atoms with Crippen LogP contribution in [0.2, 0.25) is 0 Å². The Bertz CT molecular complexity index is 882. The zero-order valence-electron chi connectivity index (χ0n) is 13.8. The molecule has 10 heteroatoms. The van der Waals surface area contributed by atoms with Crippen molar-refractivity contribution < 1.29 is 22.5 Å². The average Bonchev–Trinajstić information content (AvgIpc) is 3.19. The van der Waals surface area contributed by atoms with E-state index in [1.165, 1.54) is 0 Å². The van der Waals surface area contributed by atoms with Gasteiger partial charge in [-0.15, -0.1) is 5.11 Å². The van der Waals surface area contributed by atoms with Crippen LogP contribution in [0.15, 0.2) is 50.8 Å². The highest BCUT2D eigenvalue weighted by Gasteiger charge is 2.38. The number of hydrogen-bond donors (Lipinski definition) is 1.